The molecule has 0 atom stereocenters. The van der Waals surface area contributed by atoms with Gasteiger partial charge in [-0.2, -0.15) is 0 Å². The minimum absolute atomic E-state index is 0. The van der Waals surface area contributed by atoms with Crippen molar-refractivity contribution >= 4 is 5.97 Å². The van der Waals surface area contributed by atoms with E-state index in [4.69, 9.17) is 0 Å². The van der Waals surface area contributed by atoms with Crippen molar-refractivity contribution in [1.82, 2.24) is 0 Å². The lowest BCUT2D eigenvalue weighted by atomic mass is 10.4. The van der Waals surface area contributed by atoms with E-state index in [1.807, 2.05) is 0 Å². The first-order chi connectivity index (χ1) is 4.18. The molecule has 2 heteroatoms. The molecule has 0 saturated carbocycles. The van der Waals surface area contributed by atoms with Crippen molar-refractivity contribution in [3.63, 3.8) is 0 Å². The molecule has 0 heterocycles. The molecular formula is C7H11O2+. The number of ether oxygens (including phenoxy) is 1. The van der Waals surface area contributed by atoms with E-state index >= 15 is 0 Å². The first-order valence-electron chi connectivity index (χ1n) is 2.62. The maximum Gasteiger partial charge on any atom is 1.00 e. The van der Waals surface area contributed by atoms with Crippen LogP contribution in [0.2, 0.25) is 0 Å². The van der Waals surface area contributed by atoms with Gasteiger partial charge >= 0.3 is 7.40 Å². The van der Waals surface area contributed by atoms with Gasteiger partial charge in [0, 0.05) is 5.57 Å². The summed E-state index contributed by atoms with van der Waals surface area (Å²) in [4.78, 5) is 10.5. The third-order valence-corrected chi connectivity index (χ3v) is 0.681. The van der Waals surface area contributed by atoms with Crippen LogP contribution in [0.1, 0.15) is 8.35 Å². The van der Waals surface area contributed by atoms with Gasteiger partial charge in [0.2, 0.25) is 0 Å². The Morgan fingerprint density at radius 3 is 2.78 bits per heavy atom. The largest absolute Gasteiger partial charge is 1.00 e. The van der Waals surface area contributed by atoms with Crippen molar-refractivity contribution in [1.29, 1.82) is 0 Å². The van der Waals surface area contributed by atoms with E-state index in [0.29, 0.717) is 5.57 Å². The number of hydrogen-bond acceptors (Lipinski definition) is 2. The van der Waals surface area contributed by atoms with Gasteiger partial charge in [0.25, 0.3) is 0 Å². The maximum absolute atomic E-state index is 10.5. The highest BCUT2D eigenvalue weighted by atomic mass is 16.5. The summed E-state index contributed by atoms with van der Waals surface area (Å²) in [5.41, 5.74) is 0.414. The van der Waals surface area contributed by atoms with Gasteiger partial charge in [0.1, 0.15) is 6.61 Å². The lowest BCUT2D eigenvalue weighted by molar-refractivity contribution is -0.137. The standard InChI is InChI=1S/C7H10O2/c1-4-5-9-7(8)6(2)3/h4H,1-2,5H2,3H3/p+1. The van der Waals surface area contributed by atoms with Crippen LogP contribution in [0.4, 0.5) is 0 Å². The van der Waals surface area contributed by atoms with E-state index in [-0.39, 0.29) is 14.0 Å². The molecule has 0 aliphatic rings. The molecule has 0 unspecified atom stereocenters. The second-order valence-corrected chi connectivity index (χ2v) is 1.67. The third-order valence-electron chi connectivity index (χ3n) is 0.681. The topological polar surface area (TPSA) is 26.3 Å². The van der Waals surface area contributed by atoms with E-state index in [9.17, 15) is 4.79 Å². The Morgan fingerprint density at radius 1 is 1.89 bits per heavy atom. The Morgan fingerprint density at radius 2 is 2.44 bits per heavy atom. The molecule has 0 aromatic heterocycles. The molecule has 0 bridgehead atoms. The highest BCUT2D eigenvalue weighted by Crippen LogP contribution is 1.90. The number of carbonyl (C=O) groups is 1. The predicted octanol–water partition coefficient (Wildman–Crippen LogP) is 1.40. The van der Waals surface area contributed by atoms with Crippen molar-refractivity contribution in [2.45, 2.75) is 6.92 Å². The van der Waals surface area contributed by atoms with Crippen LogP contribution < -0.4 is 0 Å². The Hall–Kier alpha value is -1.05. The van der Waals surface area contributed by atoms with Crippen LogP contribution in [-0.2, 0) is 9.53 Å². The number of rotatable bonds is 3. The normalized spacial score (nSPS) is 8.11. The molecule has 0 spiro atoms. The van der Waals surface area contributed by atoms with Gasteiger partial charge < -0.3 is 4.74 Å². The lowest BCUT2D eigenvalue weighted by Gasteiger charge is -1.97. The Kier molecular flexibility index (Phi) is 3.44. The van der Waals surface area contributed by atoms with E-state index in [1.165, 1.54) is 6.08 Å². The van der Waals surface area contributed by atoms with Crippen molar-refractivity contribution in [3.8, 4) is 0 Å². The molecule has 0 fully saturated rings. The zero-order valence-corrected chi connectivity index (χ0v) is 5.52. The van der Waals surface area contributed by atoms with Crippen LogP contribution in [0.25, 0.3) is 0 Å². The van der Waals surface area contributed by atoms with E-state index < -0.39 is 0 Å². The molecule has 9 heavy (non-hydrogen) atoms. The maximum atomic E-state index is 10.5. The second-order valence-electron chi connectivity index (χ2n) is 1.67. The van der Waals surface area contributed by atoms with E-state index in [0.717, 1.165) is 0 Å². The van der Waals surface area contributed by atoms with Crippen LogP contribution in [0.15, 0.2) is 24.8 Å². The third kappa shape index (κ3) is 3.53. The summed E-state index contributed by atoms with van der Waals surface area (Å²) in [5, 5.41) is 0. The van der Waals surface area contributed by atoms with Crippen LogP contribution in [0.3, 0.4) is 0 Å². The van der Waals surface area contributed by atoms with Gasteiger partial charge in [0.15, 0.2) is 0 Å². The zero-order valence-electron chi connectivity index (χ0n) is 6.52. The van der Waals surface area contributed by atoms with Crippen LogP contribution in [0, 0.1) is 0 Å². The fourth-order valence-corrected chi connectivity index (χ4v) is 0.258. The van der Waals surface area contributed by atoms with Gasteiger partial charge in [-0.1, -0.05) is 19.2 Å². The summed E-state index contributed by atoms with van der Waals surface area (Å²) >= 11 is 0. The predicted molar refractivity (Wildman–Crippen MR) is 37.1 cm³/mol. The molecule has 0 aliphatic carbocycles. The fourth-order valence-electron chi connectivity index (χ4n) is 0.258. The molecule has 0 aromatic carbocycles. The number of hydrogen-bond donors (Lipinski definition) is 0. The van der Waals surface area contributed by atoms with E-state index in [2.05, 4.69) is 17.9 Å². The first-order valence-corrected chi connectivity index (χ1v) is 2.62. The van der Waals surface area contributed by atoms with Crippen LogP contribution in [0.5, 0.6) is 0 Å². The summed E-state index contributed by atoms with van der Waals surface area (Å²) in [7, 11) is 0. The van der Waals surface area contributed by atoms with Gasteiger partial charge in [-0.3, -0.25) is 0 Å². The summed E-state index contributed by atoms with van der Waals surface area (Å²) < 4.78 is 4.60. The zero-order chi connectivity index (χ0) is 7.28. The average Bonchev–Trinajstić information content (AvgIpc) is 1.82. The molecular weight excluding hydrogens is 116 g/mol. The smallest absolute Gasteiger partial charge is 0.458 e. The quantitative estimate of drug-likeness (QED) is 0.325. The van der Waals surface area contributed by atoms with Crippen molar-refractivity contribution in [2.24, 2.45) is 0 Å². The highest BCUT2D eigenvalue weighted by molar-refractivity contribution is 5.86. The first kappa shape index (κ1) is 7.95. The summed E-state index contributed by atoms with van der Waals surface area (Å²) in [5.74, 6) is -0.366. The molecule has 0 rings (SSSR count). The molecule has 0 radical (unpaired) electrons. The lowest BCUT2D eigenvalue weighted by Crippen LogP contribution is -2.03. The molecule has 0 N–H and O–H groups in total. The van der Waals surface area contributed by atoms with E-state index in [1.54, 1.807) is 6.92 Å². The van der Waals surface area contributed by atoms with Gasteiger partial charge in [0.05, 0.1) is 0 Å². The summed E-state index contributed by atoms with van der Waals surface area (Å²) in [6, 6.07) is 0. The fraction of sp³-hybridized carbons (Fsp3) is 0.286. The van der Waals surface area contributed by atoms with Crippen molar-refractivity contribution < 1.29 is 11.0 Å². The van der Waals surface area contributed by atoms with Crippen LogP contribution in [-0.4, -0.2) is 12.6 Å². The Bertz CT molecular complexity index is 141. The molecule has 0 aromatic rings. The van der Waals surface area contributed by atoms with Gasteiger partial charge in [-0.15, -0.1) is 0 Å². The van der Waals surface area contributed by atoms with Crippen LogP contribution >= 0.6 is 0 Å². The molecule has 0 aliphatic heterocycles. The summed E-state index contributed by atoms with van der Waals surface area (Å²) in [6.45, 7) is 8.64. The number of esters is 1. The highest BCUT2D eigenvalue weighted by Gasteiger charge is 1.98. The van der Waals surface area contributed by atoms with Gasteiger partial charge in [-0.25, -0.2) is 4.79 Å². The monoisotopic (exact) mass is 127 g/mol. The second kappa shape index (κ2) is 3.89. The van der Waals surface area contributed by atoms with Crippen molar-refractivity contribution in [2.75, 3.05) is 6.61 Å². The average molecular weight is 127 g/mol. The SMILES string of the molecule is C=CCOC(=O)C(=C)C.[H+]. The Balaban J connectivity index is 0. The number of carbonyl (C=O) groups excluding carboxylic acids is 1. The summed E-state index contributed by atoms with van der Waals surface area (Å²) in [6.07, 6.45) is 1.51. The van der Waals surface area contributed by atoms with Crippen molar-refractivity contribution in [3.05, 3.63) is 24.8 Å². The molecule has 0 amide bonds. The molecule has 0 saturated heterocycles. The minimum Gasteiger partial charge on any atom is -0.458 e. The molecule has 2 nitrogen and oxygen atoms in total. The minimum atomic E-state index is -0.366. The van der Waals surface area contributed by atoms with Gasteiger partial charge in [-0.05, 0) is 6.92 Å². The Labute approximate surface area is 56.3 Å². The molecule has 50 valence electrons.